The SMILES string of the molecule is CC(C)n1c(=O)c(C(=O)N[C@@H]2C[C@H]3CC[C@@H](C2)N3CC(O)CN(C)C=O)cc2ccccc21. The third-order valence-electron chi connectivity index (χ3n) is 7.03. The fourth-order valence-corrected chi connectivity index (χ4v) is 5.59. The molecule has 3 heterocycles. The average molecular weight is 455 g/mol. The Balaban J connectivity index is 1.47. The Morgan fingerprint density at radius 2 is 1.91 bits per heavy atom. The van der Waals surface area contributed by atoms with Gasteiger partial charge in [0, 0.05) is 44.3 Å². The van der Waals surface area contributed by atoms with Crippen LogP contribution < -0.4 is 10.9 Å². The number of likely N-dealkylation sites (N-methyl/N-ethyl adjacent to an activating group) is 1. The molecule has 2 N–H and O–H groups in total. The van der Waals surface area contributed by atoms with Gasteiger partial charge < -0.3 is 19.9 Å². The Hall–Kier alpha value is -2.71. The lowest BCUT2D eigenvalue weighted by Gasteiger charge is -2.40. The number of fused-ring (bicyclic) bond motifs is 3. The number of hydrogen-bond donors (Lipinski definition) is 2. The van der Waals surface area contributed by atoms with E-state index in [-0.39, 0.29) is 41.2 Å². The summed E-state index contributed by atoms with van der Waals surface area (Å²) in [6.45, 7) is 4.73. The standard InChI is InChI=1S/C25H34N4O4/c1-16(2)29-23-7-5-4-6-17(23)10-22(25(29)33)24(32)26-18-11-19-8-9-20(12-18)28(19)14-21(31)13-27(3)15-30/h4-7,10,15-16,18-21,31H,8-9,11-14H2,1-3H3,(H,26,32)/t18-,19-,20+,21?. The maximum Gasteiger partial charge on any atom is 0.264 e. The summed E-state index contributed by atoms with van der Waals surface area (Å²) in [7, 11) is 1.66. The second-order valence-corrected chi connectivity index (χ2v) is 9.81. The smallest absolute Gasteiger partial charge is 0.264 e. The molecule has 33 heavy (non-hydrogen) atoms. The number of aliphatic hydroxyl groups excluding tert-OH is 1. The van der Waals surface area contributed by atoms with Gasteiger partial charge in [0.25, 0.3) is 11.5 Å². The molecule has 0 spiro atoms. The van der Waals surface area contributed by atoms with Crippen LogP contribution in [0.3, 0.4) is 0 Å². The molecule has 1 aromatic heterocycles. The number of nitrogens with zero attached hydrogens (tertiary/aromatic N) is 3. The Labute approximate surface area is 194 Å². The lowest BCUT2D eigenvalue weighted by atomic mass is 9.96. The quantitative estimate of drug-likeness (QED) is 0.593. The molecule has 1 aromatic carbocycles. The molecule has 2 bridgehead atoms. The summed E-state index contributed by atoms with van der Waals surface area (Å²) >= 11 is 0. The van der Waals surface area contributed by atoms with E-state index in [1.807, 2.05) is 38.1 Å². The van der Waals surface area contributed by atoms with Gasteiger partial charge in [-0.25, -0.2) is 0 Å². The van der Waals surface area contributed by atoms with Gasteiger partial charge >= 0.3 is 0 Å². The van der Waals surface area contributed by atoms with Crippen LogP contribution in [0.2, 0.25) is 0 Å². The number of piperidine rings is 1. The number of aliphatic hydroxyl groups is 1. The summed E-state index contributed by atoms with van der Waals surface area (Å²) in [6, 6.07) is 9.87. The third-order valence-corrected chi connectivity index (χ3v) is 7.03. The van der Waals surface area contributed by atoms with Crippen LogP contribution in [0, 0.1) is 0 Å². The number of carbonyl (C=O) groups is 2. The van der Waals surface area contributed by atoms with E-state index in [0.717, 1.165) is 43.0 Å². The van der Waals surface area contributed by atoms with Crippen molar-refractivity contribution in [3.05, 3.63) is 46.2 Å². The van der Waals surface area contributed by atoms with Gasteiger partial charge in [0.15, 0.2) is 0 Å². The van der Waals surface area contributed by atoms with E-state index >= 15 is 0 Å². The molecule has 8 heteroatoms. The summed E-state index contributed by atoms with van der Waals surface area (Å²) < 4.78 is 1.69. The van der Waals surface area contributed by atoms with Gasteiger partial charge in [0.05, 0.1) is 11.6 Å². The average Bonchev–Trinajstić information content (AvgIpc) is 3.00. The summed E-state index contributed by atoms with van der Waals surface area (Å²) in [5, 5.41) is 14.4. The number of hydrogen-bond acceptors (Lipinski definition) is 5. The highest BCUT2D eigenvalue weighted by Gasteiger charge is 2.41. The second-order valence-electron chi connectivity index (χ2n) is 9.81. The fraction of sp³-hybridized carbons (Fsp3) is 0.560. The molecule has 2 aromatic rings. The van der Waals surface area contributed by atoms with Gasteiger partial charge in [-0.2, -0.15) is 0 Å². The van der Waals surface area contributed by atoms with Crippen LogP contribution in [-0.2, 0) is 4.79 Å². The number of carbonyl (C=O) groups excluding carboxylic acids is 2. The van der Waals surface area contributed by atoms with Crippen LogP contribution in [0.15, 0.2) is 35.1 Å². The molecule has 0 aliphatic carbocycles. The van der Waals surface area contributed by atoms with Gasteiger partial charge in [-0.15, -0.1) is 0 Å². The predicted octanol–water partition coefficient (Wildman–Crippen LogP) is 1.76. The molecular formula is C25H34N4O4. The number of rotatable bonds is 8. The monoisotopic (exact) mass is 454 g/mol. The first-order valence-electron chi connectivity index (χ1n) is 11.8. The van der Waals surface area contributed by atoms with Gasteiger partial charge in [-0.3, -0.25) is 19.3 Å². The van der Waals surface area contributed by atoms with Crippen LogP contribution in [0.5, 0.6) is 0 Å². The van der Waals surface area contributed by atoms with E-state index in [1.165, 1.54) is 4.90 Å². The Morgan fingerprint density at radius 3 is 2.55 bits per heavy atom. The van der Waals surface area contributed by atoms with E-state index in [2.05, 4.69) is 10.2 Å². The van der Waals surface area contributed by atoms with Crippen molar-refractivity contribution in [3.63, 3.8) is 0 Å². The third kappa shape index (κ3) is 4.82. The van der Waals surface area contributed by atoms with Crippen molar-refractivity contribution in [2.75, 3.05) is 20.1 Å². The van der Waals surface area contributed by atoms with Crippen LogP contribution in [0.1, 0.15) is 55.9 Å². The highest BCUT2D eigenvalue weighted by molar-refractivity contribution is 5.97. The van der Waals surface area contributed by atoms with E-state index in [9.17, 15) is 19.5 Å². The molecule has 2 aliphatic heterocycles. The number of benzene rings is 1. The molecule has 4 atom stereocenters. The number of amides is 2. The van der Waals surface area contributed by atoms with Crippen molar-refractivity contribution in [2.45, 2.75) is 69.8 Å². The van der Waals surface area contributed by atoms with E-state index in [4.69, 9.17) is 0 Å². The minimum Gasteiger partial charge on any atom is -0.390 e. The Kier molecular flexibility index (Phi) is 6.86. The van der Waals surface area contributed by atoms with Crippen molar-refractivity contribution < 1.29 is 14.7 Å². The van der Waals surface area contributed by atoms with Crippen LogP contribution in [0.4, 0.5) is 0 Å². The summed E-state index contributed by atoms with van der Waals surface area (Å²) in [4.78, 5) is 41.0. The largest absolute Gasteiger partial charge is 0.390 e. The molecule has 4 rings (SSSR count). The molecule has 0 saturated carbocycles. The van der Waals surface area contributed by atoms with Crippen molar-refractivity contribution in [1.29, 1.82) is 0 Å². The molecule has 2 saturated heterocycles. The van der Waals surface area contributed by atoms with E-state index in [0.29, 0.717) is 13.1 Å². The Morgan fingerprint density at radius 1 is 1.24 bits per heavy atom. The van der Waals surface area contributed by atoms with Crippen LogP contribution >= 0.6 is 0 Å². The summed E-state index contributed by atoms with van der Waals surface area (Å²) in [5.74, 6) is -0.314. The fourth-order valence-electron chi connectivity index (χ4n) is 5.59. The van der Waals surface area contributed by atoms with Crippen LogP contribution in [-0.4, -0.2) is 76.2 Å². The highest BCUT2D eigenvalue weighted by Crippen LogP contribution is 2.36. The molecule has 8 nitrogen and oxygen atoms in total. The summed E-state index contributed by atoms with van der Waals surface area (Å²) in [5.41, 5.74) is 0.757. The minimum absolute atomic E-state index is 0.000545. The lowest BCUT2D eigenvalue weighted by Crippen LogP contribution is -2.53. The van der Waals surface area contributed by atoms with Gasteiger partial charge in [-0.05, 0) is 57.0 Å². The zero-order valence-electron chi connectivity index (χ0n) is 19.6. The molecular weight excluding hydrogens is 420 g/mol. The lowest BCUT2D eigenvalue weighted by molar-refractivity contribution is -0.118. The topological polar surface area (TPSA) is 94.9 Å². The number of nitrogens with one attached hydrogen (secondary N) is 1. The number of aromatic nitrogens is 1. The maximum absolute atomic E-state index is 13.2. The van der Waals surface area contributed by atoms with Crippen molar-refractivity contribution in [2.24, 2.45) is 0 Å². The normalized spacial score (nSPS) is 23.6. The van der Waals surface area contributed by atoms with Gasteiger partial charge in [-0.1, -0.05) is 18.2 Å². The van der Waals surface area contributed by atoms with E-state index in [1.54, 1.807) is 17.7 Å². The Bertz CT molecular complexity index is 1070. The molecule has 2 aliphatic rings. The molecule has 2 amide bonds. The first-order valence-corrected chi connectivity index (χ1v) is 11.8. The zero-order valence-corrected chi connectivity index (χ0v) is 19.6. The van der Waals surface area contributed by atoms with Crippen LogP contribution in [0.25, 0.3) is 10.9 Å². The minimum atomic E-state index is -0.596. The predicted molar refractivity (Wildman–Crippen MR) is 127 cm³/mol. The number of para-hydroxylation sites is 1. The number of pyridine rings is 1. The van der Waals surface area contributed by atoms with Gasteiger partial charge in [0.1, 0.15) is 5.56 Å². The molecule has 178 valence electrons. The maximum atomic E-state index is 13.2. The second kappa shape index (κ2) is 9.65. The van der Waals surface area contributed by atoms with E-state index < -0.39 is 6.10 Å². The molecule has 1 unspecified atom stereocenters. The molecule has 2 fully saturated rings. The first kappa shape index (κ1) is 23.4. The van der Waals surface area contributed by atoms with Gasteiger partial charge in [0.2, 0.25) is 6.41 Å². The summed E-state index contributed by atoms with van der Waals surface area (Å²) in [6.07, 6.45) is 3.78. The highest BCUT2D eigenvalue weighted by atomic mass is 16.3. The van der Waals surface area contributed by atoms with Crippen molar-refractivity contribution >= 4 is 23.2 Å². The zero-order chi connectivity index (χ0) is 23.7. The first-order chi connectivity index (χ1) is 15.8. The molecule has 0 radical (unpaired) electrons. The van der Waals surface area contributed by atoms with Crippen molar-refractivity contribution in [1.82, 2.24) is 19.7 Å². The van der Waals surface area contributed by atoms with Crippen molar-refractivity contribution in [3.8, 4) is 0 Å².